The standard InChI is InChI=1S/C8H12N2O2/c1-6-7(2-10-12-6)5-11-8-3-9-4-8/h2,8-9H,3-5H2,1H3. The second kappa shape index (κ2) is 3.25. The van der Waals surface area contributed by atoms with Gasteiger partial charge < -0.3 is 14.6 Å². The Morgan fingerprint density at radius 3 is 3.08 bits per heavy atom. The van der Waals surface area contributed by atoms with Crippen molar-refractivity contribution in [3.8, 4) is 0 Å². The van der Waals surface area contributed by atoms with Gasteiger partial charge in [-0.25, -0.2) is 0 Å². The van der Waals surface area contributed by atoms with Gasteiger partial charge in [-0.2, -0.15) is 0 Å². The molecule has 0 spiro atoms. The first-order chi connectivity index (χ1) is 5.86. The molecule has 4 nitrogen and oxygen atoms in total. The summed E-state index contributed by atoms with van der Waals surface area (Å²) in [7, 11) is 0. The third-order valence-corrected chi connectivity index (χ3v) is 2.07. The van der Waals surface area contributed by atoms with Gasteiger partial charge in [0.2, 0.25) is 0 Å². The van der Waals surface area contributed by atoms with Crippen molar-refractivity contribution in [2.24, 2.45) is 0 Å². The highest BCUT2D eigenvalue weighted by molar-refractivity contribution is 5.09. The minimum absolute atomic E-state index is 0.374. The van der Waals surface area contributed by atoms with Crippen LogP contribution in [0.5, 0.6) is 0 Å². The fourth-order valence-electron chi connectivity index (χ4n) is 1.05. The summed E-state index contributed by atoms with van der Waals surface area (Å²) in [5, 5.41) is 6.81. The van der Waals surface area contributed by atoms with Crippen molar-refractivity contribution in [3.05, 3.63) is 17.5 Å². The smallest absolute Gasteiger partial charge is 0.139 e. The van der Waals surface area contributed by atoms with Crippen LogP contribution in [0.2, 0.25) is 0 Å². The number of rotatable bonds is 3. The molecule has 1 saturated heterocycles. The molecule has 0 atom stereocenters. The third-order valence-electron chi connectivity index (χ3n) is 2.07. The highest BCUT2D eigenvalue weighted by Crippen LogP contribution is 2.09. The molecule has 0 unspecified atom stereocenters. The predicted molar refractivity (Wildman–Crippen MR) is 42.7 cm³/mol. The van der Waals surface area contributed by atoms with E-state index in [9.17, 15) is 0 Å². The number of nitrogens with zero attached hydrogens (tertiary/aromatic N) is 1. The van der Waals surface area contributed by atoms with Gasteiger partial charge in [0.05, 0.1) is 18.9 Å². The predicted octanol–water partition coefficient (Wildman–Crippen LogP) is 0.471. The number of ether oxygens (including phenoxy) is 1. The number of aromatic nitrogens is 1. The quantitative estimate of drug-likeness (QED) is 0.712. The Balaban J connectivity index is 1.82. The van der Waals surface area contributed by atoms with Gasteiger partial charge in [-0.1, -0.05) is 5.16 Å². The van der Waals surface area contributed by atoms with Gasteiger partial charge in [0.25, 0.3) is 0 Å². The molecule has 0 aromatic carbocycles. The van der Waals surface area contributed by atoms with Crippen LogP contribution in [0.1, 0.15) is 11.3 Å². The van der Waals surface area contributed by atoms with Crippen molar-refractivity contribution in [3.63, 3.8) is 0 Å². The van der Waals surface area contributed by atoms with Crippen LogP contribution in [0.3, 0.4) is 0 Å². The highest BCUT2D eigenvalue weighted by atomic mass is 16.5. The fourth-order valence-corrected chi connectivity index (χ4v) is 1.05. The summed E-state index contributed by atoms with van der Waals surface area (Å²) in [5.74, 6) is 0.849. The van der Waals surface area contributed by atoms with E-state index in [-0.39, 0.29) is 0 Å². The lowest BCUT2D eigenvalue weighted by Crippen LogP contribution is -2.48. The molecule has 1 aliphatic heterocycles. The zero-order chi connectivity index (χ0) is 8.39. The summed E-state index contributed by atoms with van der Waals surface area (Å²) < 4.78 is 10.4. The Bertz CT molecular complexity index is 255. The SMILES string of the molecule is Cc1oncc1COC1CNC1. The Morgan fingerprint density at radius 2 is 2.58 bits per heavy atom. The topological polar surface area (TPSA) is 47.3 Å². The average Bonchev–Trinajstić information content (AvgIpc) is 2.33. The van der Waals surface area contributed by atoms with E-state index in [0.29, 0.717) is 12.7 Å². The summed E-state index contributed by atoms with van der Waals surface area (Å²) in [5.41, 5.74) is 1.04. The second-order valence-electron chi connectivity index (χ2n) is 3.00. The van der Waals surface area contributed by atoms with Crippen molar-refractivity contribution in [2.45, 2.75) is 19.6 Å². The zero-order valence-electron chi connectivity index (χ0n) is 7.04. The minimum Gasteiger partial charge on any atom is -0.371 e. The average molecular weight is 168 g/mol. The van der Waals surface area contributed by atoms with Crippen LogP contribution in [-0.4, -0.2) is 24.4 Å². The van der Waals surface area contributed by atoms with Gasteiger partial charge in [0.1, 0.15) is 5.76 Å². The molecule has 0 radical (unpaired) electrons. The minimum atomic E-state index is 0.374. The lowest BCUT2D eigenvalue weighted by atomic mass is 10.2. The summed E-state index contributed by atoms with van der Waals surface area (Å²) >= 11 is 0. The van der Waals surface area contributed by atoms with Gasteiger partial charge in [-0.3, -0.25) is 0 Å². The molecule has 0 saturated carbocycles. The Hall–Kier alpha value is -0.870. The molecule has 1 N–H and O–H groups in total. The first-order valence-electron chi connectivity index (χ1n) is 4.09. The maximum absolute atomic E-state index is 5.54. The van der Waals surface area contributed by atoms with Crippen molar-refractivity contribution in [1.82, 2.24) is 10.5 Å². The van der Waals surface area contributed by atoms with E-state index >= 15 is 0 Å². The van der Waals surface area contributed by atoms with Gasteiger partial charge in [0.15, 0.2) is 0 Å². The molecule has 66 valence electrons. The van der Waals surface area contributed by atoms with E-state index in [1.807, 2.05) is 6.92 Å². The van der Waals surface area contributed by atoms with E-state index in [2.05, 4.69) is 10.5 Å². The summed E-state index contributed by atoms with van der Waals surface area (Å²) in [6.45, 7) is 4.43. The molecular weight excluding hydrogens is 156 g/mol. The first-order valence-corrected chi connectivity index (χ1v) is 4.09. The highest BCUT2D eigenvalue weighted by Gasteiger charge is 2.17. The van der Waals surface area contributed by atoms with E-state index in [1.54, 1.807) is 6.20 Å². The zero-order valence-corrected chi connectivity index (χ0v) is 7.04. The lowest BCUT2D eigenvalue weighted by Gasteiger charge is -2.26. The molecule has 0 aliphatic carbocycles. The van der Waals surface area contributed by atoms with Crippen molar-refractivity contribution in [2.75, 3.05) is 13.1 Å². The first kappa shape index (κ1) is 7.76. The fraction of sp³-hybridized carbons (Fsp3) is 0.625. The molecule has 1 aromatic rings. The van der Waals surface area contributed by atoms with Gasteiger partial charge >= 0.3 is 0 Å². The number of hydrogen-bond acceptors (Lipinski definition) is 4. The summed E-state index contributed by atoms with van der Waals surface area (Å²) in [6.07, 6.45) is 2.08. The van der Waals surface area contributed by atoms with Gasteiger partial charge in [-0.15, -0.1) is 0 Å². The molecule has 2 rings (SSSR count). The molecule has 1 fully saturated rings. The molecular formula is C8H12N2O2. The molecule has 1 aromatic heterocycles. The Labute approximate surface area is 70.9 Å². The second-order valence-corrected chi connectivity index (χ2v) is 3.00. The van der Waals surface area contributed by atoms with Crippen LogP contribution < -0.4 is 5.32 Å². The van der Waals surface area contributed by atoms with Crippen LogP contribution >= 0.6 is 0 Å². The Morgan fingerprint density at radius 1 is 1.75 bits per heavy atom. The monoisotopic (exact) mass is 168 g/mol. The van der Waals surface area contributed by atoms with Gasteiger partial charge in [-0.05, 0) is 6.92 Å². The van der Waals surface area contributed by atoms with E-state index in [1.165, 1.54) is 0 Å². The lowest BCUT2D eigenvalue weighted by molar-refractivity contribution is 0.00711. The summed E-state index contributed by atoms with van der Waals surface area (Å²) in [6, 6.07) is 0. The van der Waals surface area contributed by atoms with Crippen LogP contribution in [0, 0.1) is 6.92 Å². The largest absolute Gasteiger partial charge is 0.371 e. The number of aryl methyl sites for hydroxylation is 1. The molecule has 4 heteroatoms. The van der Waals surface area contributed by atoms with Crippen LogP contribution in [0.25, 0.3) is 0 Å². The van der Waals surface area contributed by atoms with Crippen molar-refractivity contribution < 1.29 is 9.26 Å². The number of nitrogens with one attached hydrogen (secondary N) is 1. The molecule has 1 aliphatic rings. The van der Waals surface area contributed by atoms with Gasteiger partial charge in [0, 0.05) is 18.7 Å². The molecule has 0 amide bonds. The van der Waals surface area contributed by atoms with E-state index in [4.69, 9.17) is 9.26 Å². The van der Waals surface area contributed by atoms with Crippen LogP contribution in [-0.2, 0) is 11.3 Å². The van der Waals surface area contributed by atoms with Crippen molar-refractivity contribution in [1.29, 1.82) is 0 Å². The Kier molecular flexibility index (Phi) is 2.10. The van der Waals surface area contributed by atoms with Crippen molar-refractivity contribution >= 4 is 0 Å². The van der Waals surface area contributed by atoms with Crippen LogP contribution in [0.4, 0.5) is 0 Å². The van der Waals surface area contributed by atoms with E-state index in [0.717, 1.165) is 24.4 Å². The maximum Gasteiger partial charge on any atom is 0.139 e. The molecule has 2 heterocycles. The third kappa shape index (κ3) is 1.49. The van der Waals surface area contributed by atoms with Crippen LogP contribution in [0.15, 0.2) is 10.7 Å². The maximum atomic E-state index is 5.54. The number of hydrogen-bond donors (Lipinski definition) is 1. The molecule has 12 heavy (non-hydrogen) atoms. The molecule has 0 bridgehead atoms. The summed E-state index contributed by atoms with van der Waals surface area (Å²) in [4.78, 5) is 0. The van der Waals surface area contributed by atoms with E-state index < -0.39 is 0 Å². The normalized spacial score (nSPS) is 17.8.